The van der Waals surface area contributed by atoms with Crippen LogP contribution in [-0.2, 0) is 0 Å². The number of fused-ring (bicyclic) bond motifs is 1. The van der Waals surface area contributed by atoms with Crippen LogP contribution in [0, 0.1) is 13.8 Å². The van der Waals surface area contributed by atoms with E-state index in [-0.39, 0.29) is 0 Å². The van der Waals surface area contributed by atoms with Gasteiger partial charge in [-0.15, -0.1) is 10.2 Å². The number of nitrogens with one attached hydrogen (secondary N) is 2. The molecular formula is C21H27N4+. The highest BCUT2D eigenvalue weighted by Crippen LogP contribution is 2.30. The van der Waals surface area contributed by atoms with Gasteiger partial charge in [0.15, 0.2) is 5.82 Å². The van der Waals surface area contributed by atoms with Crippen LogP contribution in [0.1, 0.15) is 17.5 Å². The van der Waals surface area contributed by atoms with Gasteiger partial charge in [-0.3, -0.25) is 0 Å². The molecule has 4 heteroatoms. The Balaban J connectivity index is 1.94. The third-order valence-electron chi connectivity index (χ3n) is 4.61. The topological polar surface area (TPSA) is 42.2 Å². The summed E-state index contributed by atoms with van der Waals surface area (Å²) in [6.07, 6.45) is 1.11. The molecule has 0 aliphatic heterocycles. The lowest BCUT2D eigenvalue weighted by atomic mass is 10.0. The fourth-order valence-corrected chi connectivity index (χ4v) is 2.99. The molecule has 1 heterocycles. The van der Waals surface area contributed by atoms with Gasteiger partial charge in [0.1, 0.15) is 5.69 Å². The first-order chi connectivity index (χ1) is 12.1. The summed E-state index contributed by atoms with van der Waals surface area (Å²) in [5.41, 5.74) is 4.63. The van der Waals surface area contributed by atoms with E-state index in [9.17, 15) is 0 Å². The minimum Gasteiger partial charge on any atom is -0.368 e. The van der Waals surface area contributed by atoms with E-state index >= 15 is 0 Å². The molecule has 4 nitrogen and oxygen atoms in total. The molecule has 3 aromatic rings. The second-order valence-electron chi connectivity index (χ2n) is 6.98. The first-order valence-electron chi connectivity index (χ1n) is 8.92. The second-order valence-corrected chi connectivity index (χ2v) is 6.98. The van der Waals surface area contributed by atoms with E-state index < -0.39 is 0 Å². The maximum absolute atomic E-state index is 4.54. The van der Waals surface area contributed by atoms with E-state index in [0.717, 1.165) is 47.4 Å². The van der Waals surface area contributed by atoms with E-state index in [0.29, 0.717) is 0 Å². The fraction of sp³-hybridized carbons (Fsp3) is 0.333. The molecule has 0 bridgehead atoms. The second kappa shape index (κ2) is 7.62. The highest BCUT2D eigenvalue weighted by molar-refractivity contribution is 6.00. The van der Waals surface area contributed by atoms with Crippen LogP contribution in [0.25, 0.3) is 22.0 Å². The van der Waals surface area contributed by atoms with Gasteiger partial charge in [-0.25, -0.2) is 0 Å². The van der Waals surface area contributed by atoms with Crippen LogP contribution in [0.15, 0.2) is 42.5 Å². The number of aromatic nitrogens is 2. The normalized spacial score (nSPS) is 11.2. The Morgan fingerprint density at radius 3 is 2.40 bits per heavy atom. The molecule has 0 saturated carbocycles. The summed E-state index contributed by atoms with van der Waals surface area (Å²) in [5, 5.41) is 14.8. The van der Waals surface area contributed by atoms with Crippen LogP contribution < -0.4 is 10.2 Å². The van der Waals surface area contributed by atoms with Crippen LogP contribution in [0.2, 0.25) is 0 Å². The van der Waals surface area contributed by atoms with E-state index in [1.807, 2.05) is 0 Å². The Hall–Kier alpha value is -2.46. The number of benzene rings is 2. The zero-order valence-corrected chi connectivity index (χ0v) is 15.6. The molecule has 1 aromatic heterocycles. The molecule has 0 radical (unpaired) electrons. The number of rotatable bonds is 6. The molecule has 0 atom stereocenters. The van der Waals surface area contributed by atoms with Crippen molar-refractivity contribution in [3.05, 3.63) is 53.6 Å². The monoisotopic (exact) mass is 335 g/mol. The minimum absolute atomic E-state index is 0.872. The zero-order chi connectivity index (χ0) is 17.8. The summed E-state index contributed by atoms with van der Waals surface area (Å²) in [6, 6.07) is 14.8. The molecule has 0 spiro atoms. The Morgan fingerprint density at radius 1 is 0.920 bits per heavy atom. The number of hydrogen-bond acceptors (Lipinski definition) is 3. The van der Waals surface area contributed by atoms with Gasteiger partial charge in [0, 0.05) is 29.3 Å². The highest BCUT2D eigenvalue weighted by atomic mass is 15.2. The van der Waals surface area contributed by atoms with Crippen LogP contribution >= 0.6 is 0 Å². The SMILES string of the molecule is Cc1ccc(-c2nnc(NCCC[NH+](C)C)c3ccccc23)cc1C. The smallest absolute Gasteiger partial charge is 0.156 e. The van der Waals surface area contributed by atoms with E-state index in [1.54, 1.807) is 0 Å². The van der Waals surface area contributed by atoms with Crippen LogP contribution in [0.4, 0.5) is 5.82 Å². The van der Waals surface area contributed by atoms with Gasteiger partial charge in [-0.1, -0.05) is 36.4 Å². The molecule has 0 saturated heterocycles. The van der Waals surface area contributed by atoms with Crippen molar-refractivity contribution in [3.63, 3.8) is 0 Å². The summed E-state index contributed by atoms with van der Waals surface area (Å²) < 4.78 is 0. The fourth-order valence-electron chi connectivity index (χ4n) is 2.99. The van der Waals surface area contributed by atoms with Gasteiger partial charge >= 0.3 is 0 Å². The van der Waals surface area contributed by atoms with Crippen LogP contribution in [0.3, 0.4) is 0 Å². The third kappa shape index (κ3) is 3.97. The van der Waals surface area contributed by atoms with E-state index in [2.05, 4.69) is 85.9 Å². The molecule has 0 fully saturated rings. The van der Waals surface area contributed by atoms with Crippen LogP contribution in [-0.4, -0.2) is 37.4 Å². The number of anilines is 1. The molecule has 0 amide bonds. The van der Waals surface area contributed by atoms with Crippen molar-refractivity contribution in [2.24, 2.45) is 0 Å². The Bertz CT molecular complexity index is 871. The van der Waals surface area contributed by atoms with Gasteiger partial charge in [0.2, 0.25) is 0 Å². The van der Waals surface area contributed by atoms with Crippen molar-refractivity contribution >= 4 is 16.6 Å². The molecular weight excluding hydrogens is 308 g/mol. The van der Waals surface area contributed by atoms with Crippen molar-refractivity contribution in [3.8, 4) is 11.3 Å². The quantitative estimate of drug-likeness (QED) is 0.681. The van der Waals surface area contributed by atoms with Gasteiger partial charge < -0.3 is 10.2 Å². The minimum atomic E-state index is 0.872. The summed E-state index contributed by atoms with van der Waals surface area (Å²) in [4.78, 5) is 1.46. The van der Waals surface area contributed by atoms with Crippen molar-refractivity contribution in [1.29, 1.82) is 0 Å². The molecule has 2 N–H and O–H groups in total. The molecule has 0 aliphatic rings. The summed E-state index contributed by atoms with van der Waals surface area (Å²) in [7, 11) is 4.35. The van der Waals surface area contributed by atoms with E-state index in [1.165, 1.54) is 16.0 Å². The molecule has 0 unspecified atom stereocenters. The van der Waals surface area contributed by atoms with Crippen molar-refractivity contribution in [1.82, 2.24) is 10.2 Å². The van der Waals surface area contributed by atoms with Gasteiger partial charge in [0.05, 0.1) is 20.6 Å². The predicted octanol–water partition coefficient (Wildman–Crippen LogP) is 2.86. The molecule has 2 aromatic carbocycles. The number of nitrogens with zero attached hydrogens (tertiary/aromatic N) is 2. The first-order valence-corrected chi connectivity index (χ1v) is 8.92. The van der Waals surface area contributed by atoms with Gasteiger partial charge in [0.25, 0.3) is 0 Å². The summed E-state index contributed by atoms with van der Waals surface area (Å²) in [5.74, 6) is 0.872. The average molecular weight is 335 g/mol. The molecule has 130 valence electrons. The Kier molecular flexibility index (Phi) is 5.29. The lowest BCUT2D eigenvalue weighted by Gasteiger charge is -2.12. The lowest BCUT2D eigenvalue weighted by Crippen LogP contribution is -3.05. The molecule has 25 heavy (non-hydrogen) atoms. The zero-order valence-electron chi connectivity index (χ0n) is 15.6. The highest BCUT2D eigenvalue weighted by Gasteiger charge is 2.11. The number of aryl methyl sites for hydroxylation is 2. The molecule has 0 aliphatic carbocycles. The van der Waals surface area contributed by atoms with E-state index in [4.69, 9.17) is 0 Å². The number of hydrogen-bond donors (Lipinski definition) is 2. The molecule has 3 rings (SSSR count). The largest absolute Gasteiger partial charge is 0.368 e. The van der Waals surface area contributed by atoms with Gasteiger partial charge in [-0.2, -0.15) is 0 Å². The van der Waals surface area contributed by atoms with Crippen molar-refractivity contribution in [2.75, 3.05) is 32.5 Å². The summed E-state index contributed by atoms with van der Waals surface area (Å²) in [6.45, 7) is 6.31. The number of quaternary nitrogens is 1. The lowest BCUT2D eigenvalue weighted by molar-refractivity contribution is -0.858. The summed E-state index contributed by atoms with van der Waals surface area (Å²) >= 11 is 0. The maximum atomic E-state index is 4.54. The Morgan fingerprint density at radius 2 is 1.68 bits per heavy atom. The van der Waals surface area contributed by atoms with Gasteiger partial charge in [-0.05, 0) is 31.0 Å². The first kappa shape index (κ1) is 17.4. The van der Waals surface area contributed by atoms with Crippen molar-refractivity contribution in [2.45, 2.75) is 20.3 Å². The van der Waals surface area contributed by atoms with Crippen molar-refractivity contribution < 1.29 is 4.90 Å². The Labute approximate surface area is 149 Å². The standard InChI is InChI=1S/C21H26N4/c1-15-10-11-17(14-16(15)2)20-18-8-5-6-9-19(18)21(24-23-20)22-12-7-13-25(3)4/h5-6,8-11,14H,7,12-13H2,1-4H3,(H,22,24)/p+1. The predicted molar refractivity (Wildman–Crippen MR) is 105 cm³/mol. The average Bonchev–Trinajstić information content (AvgIpc) is 2.61. The van der Waals surface area contributed by atoms with Crippen LogP contribution in [0.5, 0.6) is 0 Å². The third-order valence-corrected chi connectivity index (χ3v) is 4.61. The maximum Gasteiger partial charge on any atom is 0.156 e.